The maximum atomic E-state index is 13.6. The molecule has 0 spiro atoms. The summed E-state index contributed by atoms with van der Waals surface area (Å²) in [6.45, 7) is 8.00. The average Bonchev–Trinajstić information content (AvgIpc) is 3.25. The number of Topliss-reactive ketones (excluding diaryl/α,β-unsaturated/α-hetero) is 1. The van der Waals surface area contributed by atoms with E-state index in [4.69, 9.17) is 0 Å². The number of thioether (sulfide) groups is 1. The number of hydrogen-bond acceptors (Lipinski definition) is 5. The minimum absolute atomic E-state index is 0.0252. The lowest BCUT2D eigenvalue weighted by Gasteiger charge is -2.15. The van der Waals surface area contributed by atoms with E-state index in [0.29, 0.717) is 21.9 Å². The quantitative estimate of drug-likeness (QED) is 0.261. The number of para-hydroxylation sites is 2. The van der Waals surface area contributed by atoms with Crippen molar-refractivity contribution in [2.45, 2.75) is 32.9 Å². The van der Waals surface area contributed by atoms with Crippen molar-refractivity contribution >= 4 is 34.2 Å². The van der Waals surface area contributed by atoms with Gasteiger partial charge in [-0.05, 0) is 68.1 Å². The molecule has 0 fully saturated rings. The number of carbonyl (C=O) groups excluding carboxylic acids is 1. The number of fused-ring (bicyclic) bond motifs is 3. The number of hydrogen-bond donors (Lipinski definition) is 0. The van der Waals surface area contributed by atoms with Gasteiger partial charge in [-0.2, -0.15) is 0 Å². The van der Waals surface area contributed by atoms with Crippen molar-refractivity contribution in [2.24, 2.45) is 0 Å². The number of benzene rings is 3. The first-order valence-corrected chi connectivity index (χ1v) is 12.0. The lowest BCUT2D eigenvalue weighted by Crippen LogP contribution is -2.23. The summed E-state index contributed by atoms with van der Waals surface area (Å²) >= 11 is 1.33. The highest BCUT2D eigenvalue weighted by atomic mass is 32.2. The van der Waals surface area contributed by atoms with Gasteiger partial charge >= 0.3 is 0 Å². The van der Waals surface area contributed by atoms with Crippen molar-refractivity contribution in [3.05, 3.63) is 98.8 Å². The summed E-state index contributed by atoms with van der Waals surface area (Å²) in [6.07, 6.45) is 0. The zero-order valence-electron chi connectivity index (χ0n) is 19.5. The van der Waals surface area contributed by atoms with E-state index >= 15 is 0 Å². The van der Waals surface area contributed by atoms with E-state index in [1.807, 2.05) is 92.8 Å². The van der Waals surface area contributed by atoms with Crippen LogP contribution < -0.4 is 5.56 Å². The smallest absolute Gasteiger partial charge is 0.267 e. The molecular formula is C27H24N4O2S. The van der Waals surface area contributed by atoms with Gasteiger partial charge in [-0.1, -0.05) is 54.2 Å². The van der Waals surface area contributed by atoms with Crippen molar-refractivity contribution in [3.8, 4) is 5.69 Å². The van der Waals surface area contributed by atoms with E-state index < -0.39 is 0 Å². The predicted molar refractivity (Wildman–Crippen MR) is 137 cm³/mol. The molecule has 34 heavy (non-hydrogen) atoms. The Bertz CT molecular complexity index is 1630. The molecule has 0 saturated carbocycles. The Morgan fingerprint density at radius 3 is 2.32 bits per heavy atom. The molecule has 7 heteroatoms. The molecule has 0 aliphatic heterocycles. The lowest BCUT2D eigenvalue weighted by atomic mass is 10.0. The third kappa shape index (κ3) is 3.62. The van der Waals surface area contributed by atoms with Crippen LogP contribution in [0.3, 0.4) is 0 Å². The molecule has 2 aromatic heterocycles. The van der Waals surface area contributed by atoms with Gasteiger partial charge in [0.1, 0.15) is 0 Å². The minimum Gasteiger partial charge on any atom is -0.293 e. The molecule has 0 aliphatic rings. The molecule has 5 aromatic rings. The number of rotatable bonds is 5. The number of aryl methyl sites for hydroxylation is 4. The third-order valence-corrected chi connectivity index (χ3v) is 7.15. The highest BCUT2D eigenvalue weighted by Crippen LogP contribution is 2.26. The van der Waals surface area contributed by atoms with Crippen molar-refractivity contribution < 1.29 is 4.79 Å². The van der Waals surface area contributed by atoms with Crippen LogP contribution in [0.4, 0.5) is 0 Å². The molecule has 3 aromatic carbocycles. The van der Waals surface area contributed by atoms with Gasteiger partial charge in [0.25, 0.3) is 5.56 Å². The molecular weight excluding hydrogens is 444 g/mol. The van der Waals surface area contributed by atoms with Crippen LogP contribution in [-0.4, -0.2) is 30.7 Å². The van der Waals surface area contributed by atoms with Crippen molar-refractivity contribution in [1.29, 1.82) is 0 Å². The van der Waals surface area contributed by atoms with Gasteiger partial charge in [-0.25, -0.2) is 4.57 Å². The molecule has 0 radical (unpaired) electrons. The fourth-order valence-corrected chi connectivity index (χ4v) is 5.09. The number of aromatic nitrogens is 4. The molecule has 0 amide bonds. The van der Waals surface area contributed by atoms with Crippen LogP contribution in [0.5, 0.6) is 0 Å². The second-order valence-corrected chi connectivity index (χ2v) is 9.47. The molecule has 6 nitrogen and oxygen atoms in total. The fraction of sp³-hybridized carbons (Fsp3) is 0.185. The molecule has 0 aliphatic carbocycles. The topological polar surface area (TPSA) is 69.3 Å². The summed E-state index contributed by atoms with van der Waals surface area (Å²) < 4.78 is 3.51. The minimum atomic E-state index is -0.143. The lowest BCUT2D eigenvalue weighted by molar-refractivity contribution is 0.102. The molecule has 0 N–H and O–H groups in total. The van der Waals surface area contributed by atoms with Gasteiger partial charge in [-0.3, -0.25) is 14.0 Å². The Morgan fingerprint density at radius 1 is 0.853 bits per heavy atom. The fourth-order valence-electron chi connectivity index (χ4n) is 4.26. The molecule has 170 valence electrons. The van der Waals surface area contributed by atoms with Crippen LogP contribution in [0.1, 0.15) is 32.6 Å². The predicted octanol–water partition coefficient (Wildman–Crippen LogP) is 5.24. The van der Waals surface area contributed by atoms with E-state index in [-0.39, 0.29) is 17.1 Å². The molecule has 0 unspecified atom stereocenters. The van der Waals surface area contributed by atoms with Crippen LogP contribution in [0, 0.1) is 27.7 Å². The Balaban J connectivity index is 1.65. The van der Waals surface area contributed by atoms with Gasteiger partial charge in [0.15, 0.2) is 10.9 Å². The van der Waals surface area contributed by atoms with Crippen LogP contribution in [-0.2, 0) is 0 Å². The Morgan fingerprint density at radius 2 is 1.59 bits per heavy atom. The van der Waals surface area contributed by atoms with Crippen LogP contribution in [0.25, 0.3) is 22.4 Å². The normalized spacial score (nSPS) is 11.4. The molecule has 0 saturated heterocycles. The van der Waals surface area contributed by atoms with Gasteiger partial charge in [0.05, 0.1) is 22.3 Å². The Kier molecular flexibility index (Phi) is 5.57. The summed E-state index contributed by atoms with van der Waals surface area (Å²) in [5.41, 5.74) is 6.26. The SMILES string of the molecule is Cc1ccc(C(=O)CSc2nnc3n(-c4c(C)cccc4C)c(=O)c4ccccc4n23)cc1C. The Labute approximate surface area is 201 Å². The first kappa shape index (κ1) is 22.1. The monoisotopic (exact) mass is 468 g/mol. The molecule has 2 heterocycles. The maximum Gasteiger partial charge on any atom is 0.267 e. The molecule has 0 atom stereocenters. The van der Waals surface area contributed by atoms with Gasteiger partial charge in [0.2, 0.25) is 5.78 Å². The zero-order valence-corrected chi connectivity index (χ0v) is 20.3. The third-order valence-electron chi connectivity index (χ3n) is 6.22. The average molecular weight is 469 g/mol. The van der Waals surface area contributed by atoms with Gasteiger partial charge in [0, 0.05) is 5.56 Å². The van der Waals surface area contributed by atoms with Crippen molar-refractivity contribution in [2.75, 3.05) is 5.75 Å². The van der Waals surface area contributed by atoms with E-state index in [9.17, 15) is 9.59 Å². The number of ketones is 1. The van der Waals surface area contributed by atoms with Crippen LogP contribution >= 0.6 is 11.8 Å². The highest BCUT2D eigenvalue weighted by molar-refractivity contribution is 7.99. The summed E-state index contributed by atoms with van der Waals surface area (Å²) in [5.74, 6) is 0.680. The largest absolute Gasteiger partial charge is 0.293 e. The standard InChI is InChI=1S/C27H24N4O2S/c1-16-12-13-20(14-19(16)4)23(32)15-34-27-29-28-26-30(27)22-11-6-5-10-21(22)25(33)31(26)24-17(2)8-7-9-18(24)3/h5-14H,15H2,1-4H3. The van der Waals surface area contributed by atoms with Gasteiger partial charge in [-0.15, -0.1) is 10.2 Å². The summed E-state index contributed by atoms with van der Waals surface area (Å²) in [4.78, 5) is 26.5. The van der Waals surface area contributed by atoms with Gasteiger partial charge < -0.3 is 0 Å². The van der Waals surface area contributed by atoms with Crippen molar-refractivity contribution in [1.82, 2.24) is 19.2 Å². The van der Waals surface area contributed by atoms with Crippen molar-refractivity contribution in [3.63, 3.8) is 0 Å². The molecule has 5 rings (SSSR count). The highest BCUT2D eigenvalue weighted by Gasteiger charge is 2.20. The van der Waals surface area contributed by atoms with E-state index in [0.717, 1.165) is 33.5 Å². The Hall–Kier alpha value is -3.71. The van der Waals surface area contributed by atoms with E-state index in [2.05, 4.69) is 10.2 Å². The first-order chi connectivity index (χ1) is 16.4. The van der Waals surface area contributed by atoms with E-state index in [1.54, 1.807) is 4.57 Å². The van der Waals surface area contributed by atoms with Crippen LogP contribution in [0.15, 0.2) is 70.6 Å². The second-order valence-electron chi connectivity index (χ2n) is 8.53. The number of nitrogens with zero attached hydrogens (tertiary/aromatic N) is 4. The summed E-state index contributed by atoms with van der Waals surface area (Å²) in [7, 11) is 0. The molecule has 0 bridgehead atoms. The number of carbonyl (C=O) groups is 1. The summed E-state index contributed by atoms with van der Waals surface area (Å²) in [5, 5.41) is 9.94. The zero-order chi connectivity index (χ0) is 24.0. The van der Waals surface area contributed by atoms with Crippen LogP contribution in [0.2, 0.25) is 0 Å². The second kappa shape index (κ2) is 8.57. The summed E-state index contributed by atoms with van der Waals surface area (Å²) in [6, 6.07) is 19.1. The van der Waals surface area contributed by atoms with E-state index in [1.165, 1.54) is 11.8 Å². The maximum absolute atomic E-state index is 13.6. The first-order valence-electron chi connectivity index (χ1n) is 11.1.